The summed E-state index contributed by atoms with van der Waals surface area (Å²) in [6, 6.07) is 16.6. The summed E-state index contributed by atoms with van der Waals surface area (Å²) in [6.07, 6.45) is 1.61. The van der Waals surface area contributed by atoms with Crippen LogP contribution in [-0.4, -0.2) is 30.8 Å². The SMILES string of the molecule is COc1ccc([C@H](C)CC[C@H]2CN([C@@H](C)c3ccc(C)cc3)C(=O)O2)cc1. The highest BCUT2D eigenvalue weighted by Crippen LogP contribution is 2.30. The number of ether oxygens (including phenoxy) is 2. The molecule has 27 heavy (non-hydrogen) atoms. The first-order chi connectivity index (χ1) is 13.0. The van der Waals surface area contributed by atoms with Crippen LogP contribution < -0.4 is 4.74 Å². The van der Waals surface area contributed by atoms with Crippen molar-refractivity contribution in [2.75, 3.05) is 13.7 Å². The van der Waals surface area contributed by atoms with E-state index in [1.165, 1.54) is 11.1 Å². The molecule has 0 spiro atoms. The summed E-state index contributed by atoms with van der Waals surface area (Å²) in [6.45, 7) is 7.00. The van der Waals surface area contributed by atoms with Crippen molar-refractivity contribution in [2.24, 2.45) is 0 Å². The lowest BCUT2D eigenvalue weighted by molar-refractivity contribution is 0.124. The van der Waals surface area contributed by atoms with Crippen molar-refractivity contribution in [1.82, 2.24) is 4.90 Å². The van der Waals surface area contributed by atoms with Crippen LogP contribution in [0.2, 0.25) is 0 Å². The van der Waals surface area contributed by atoms with Gasteiger partial charge in [-0.15, -0.1) is 0 Å². The Hall–Kier alpha value is -2.49. The van der Waals surface area contributed by atoms with E-state index in [1.807, 2.05) is 17.0 Å². The van der Waals surface area contributed by atoms with Crippen LogP contribution >= 0.6 is 0 Å². The number of nitrogens with zero attached hydrogens (tertiary/aromatic N) is 1. The van der Waals surface area contributed by atoms with Gasteiger partial charge in [-0.2, -0.15) is 0 Å². The molecule has 4 nitrogen and oxygen atoms in total. The zero-order valence-electron chi connectivity index (χ0n) is 16.6. The third-order valence-corrected chi connectivity index (χ3v) is 5.54. The Morgan fingerprint density at radius 1 is 1.07 bits per heavy atom. The van der Waals surface area contributed by atoms with E-state index >= 15 is 0 Å². The number of methoxy groups -OCH3 is 1. The molecule has 4 heteroatoms. The molecule has 2 aromatic rings. The molecule has 3 rings (SSSR count). The maximum absolute atomic E-state index is 12.3. The zero-order chi connectivity index (χ0) is 19.4. The summed E-state index contributed by atoms with van der Waals surface area (Å²) in [5.74, 6) is 1.29. The molecule has 0 saturated carbocycles. The van der Waals surface area contributed by atoms with Gasteiger partial charge in [0.15, 0.2) is 0 Å². The Bertz CT molecular complexity index is 754. The average Bonchev–Trinajstić information content (AvgIpc) is 3.07. The minimum atomic E-state index is -0.204. The first kappa shape index (κ1) is 19.3. The van der Waals surface area contributed by atoms with Crippen LogP contribution in [0.1, 0.15) is 55.3 Å². The Morgan fingerprint density at radius 3 is 2.33 bits per heavy atom. The summed E-state index contributed by atoms with van der Waals surface area (Å²) in [7, 11) is 1.68. The molecule has 1 fully saturated rings. The van der Waals surface area contributed by atoms with Crippen molar-refractivity contribution in [2.45, 2.75) is 51.7 Å². The number of cyclic esters (lactones) is 1. The maximum atomic E-state index is 12.3. The van der Waals surface area contributed by atoms with E-state index in [0.717, 1.165) is 24.2 Å². The third-order valence-electron chi connectivity index (χ3n) is 5.54. The second kappa shape index (κ2) is 8.47. The lowest BCUT2D eigenvalue weighted by atomic mass is 9.94. The van der Waals surface area contributed by atoms with E-state index in [9.17, 15) is 4.79 Å². The lowest BCUT2D eigenvalue weighted by Crippen LogP contribution is -2.28. The smallest absolute Gasteiger partial charge is 0.410 e. The summed E-state index contributed by atoms with van der Waals surface area (Å²) in [5, 5.41) is 0. The topological polar surface area (TPSA) is 38.8 Å². The Kier molecular flexibility index (Phi) is 6.04. The first-order valence-corrected chi connectivity index (χ1v) is 9.65. The first-order valence-electron chi connectivity index (χ1n) is 9.65. The molecule has 1 saturated heterocycles. The monoisotopic (exact) mass is 367 g/mol. The van der Waals surface area contributed by atoms with Crippen LogP contribution in [0.4, 0.5) is 4.79 Å². The van der Waals surface area contributed by atoms with Gasteiger partial charge in [0.25, 0.3) is 0 Å². The zero-order valence-corrected chi connectivity index (χ0v) is 16.6. The minimum Gasteiger partial charge on any atom is -0.497 e. The number of benzene rings is 2. The number of rotatable bonds is 7. The molecule has 2 aromatic carbocycles. The van der Waals surface area contributed by atoms with Crippen molar-refractivity contribution in [3.63, 3.8) is 0 Å². The van der Waals surface area contributed by atoms with E-state index in [1.54, 1.807) is 7.11 Å². The highest BCUT2D eigenvalue weighted by atomic mass is 16.6. The van der Waals surface area contributed by atoms with Gasteiger partial charge in [-0.1, -0.05) is 48.9 Å². The molecule has 1 aliphatic heterocycles. The number of amides is 1. The van der Waals surface area contributed by atoms with Crippen molar-refractivity contribution in [3.8, 4) is 5.75 Å². The molecule has 0 aromatic heterocycles. The Morgan fingerprint density at radius 2 is 1.70 bits per heavy atom. The van der Waals surface area contributed by atoms with Gasteiger partial charge in [-0.25, -0.2) is 4.79 Å². The average molecular weight is 367 g/mol. The third kappa shape index (κ3) is 4.62. The number of carbonyl (C=O) groups is 1. The van der Waals surface area contributed by atoms with Gasteiger partial charge >= 0.3 is 6.09 Å². The van der Waals surface area contributed by atoms with Crippen LogP contribution in [0.25, 0.3) is 0 Å². The summed E-state index contributed by atoms with van der Waals surface area (Å²) in [4.78, 5) is 14.2. The molecule has 144 valence electrons. The number of hydrogen-bond donors (Lipinski definition) is 0. The maximum Gasteiger partial charge on any atom is 0.410 e. The molecule has 0 bridgehead atoms. The summed E-state index contributed by atoms with van der Waals surface area (Å²) in [5.41, 5.74) is 3.65. The van der Waals surface area contributed by atoms with Gasteiger partial charge < -0.3 is 9.47 Å². The number of carbonyl (C=O) groups excluding carboxylic acids is 1. The predicted molar refractivity (Wildman–Crippen MR) is 107 cm³/mol. The Labute approximate surface area is 162 Å². The van der Waals surface area contributed by atoms with Crippen LogP contribution in [-0.2, 0) is 4.74 Å². The molecule has 1 heterocycles. The van der Waals surface area contributed by atoms with Crippen molar-refractivity contribution >= 4 is 6.09 Å². The fourth-order valence-electron chi connectivity index (χ4n) is 3.57. The van der Waals surface area contributed by atoms with Gasteiger partial charge in [-0.3, -0.25) is 4.90 Å². The van der Waals surface area contributed by atoms with Crippen LogP contribution in [0.3, 0.4) is 0 Å². The molecule has 1 amide bonds. The molecular weight excluding hydrogens is 338 g/mol. The van der Waals surface area contributed by atoms with Gasteiger partial charge in [0.2, 0.25) is 0 Å². The molecule has 0 N–H and O–H groups in total. The fraction of sp³-hybridized carbons (Fsp3) is 0.435. The van der Waals surface area contributed by atoms with Gasteiger partial charge in [0.1, 0.15) is 11.9 Å². The van der Waals surface area contributed by atoms with Gasteiger partial charge in [-0.05, 0) is 55.9 Å². The Balaban J connectivity index is 1.54. The number of aryl methyl sites for hydroxylation is 1. The van der Waals surface area contributed by atoms with Crippen LogP contribution in [0.5, 0.6) is 5.75 Å². The van der Waals surface area contributed by atoms with E-state index < -0.39 is 0 Å². The molecule has 0 unspecified atom stereocenters. The molecule has 0 radical (unpaired) electrons. The molecule has 0 aliphatic carbocycles. The second-order valence-electron chi connectivity index (χ2n) is 7.50. The summed E-state index contributed by atoms with van der Waals surface area (Å²) < 4.78 is 10.8. The second-order valence-corrected chi connectivity index (χ2v) is 7.50. The molecule has 3 atom stereocenters. The highest BCUT2D eigenvalue weighted by Gasteiger charge is 2.34. The van der Waals surface area contributed by atoms with Gasteiger partial charge in [0.05, 0.1) is 19.7 Å². The van der Waals surface area contributed by atoms with E-state index in [4.69, 9.17) is 9.47 Å². The number of hydrogen-bond acceptors (Lipinski definition) is 3. The predicted octanol–water partition coefficient (Wildman–Crippen LogP) is 5.47. The van der Waals surface area contributed by atoms with E-state index in [0.29, 0.717) is 12.5 Å². The molecular formula is C23H29NO3. The van der Waals surface area contributed by atoms with E-state index in [2.05, 4.69) is 57.2 Å². The lowest BCUT2D eigenvalue weighted by Gasteiger charge is -2.22. The van der Waals surface area contributed by atoms with Crippen LogP contribution in [0.15, 0.2) is 48.5 Å². The van der Waals surface area contributed by atoms with E-state index in [-0.39, 0.29) is 18.2 Å². The fourth-order valence-corrected chi connectivity index (χ4v) is 3.57. The standard InChI is InChI=1S/C23H29NO3/c1-16-5-8-20(9-6-16)18(3)24-15-22(27-23(24)25)12-7-17(2)19-10-13-21(26-4)14-11-19/h5-6,8-11,13-14,17-18,22H,7,12,15H2,1-4H3/t17-,18+,22+/m1/s1. The summed E-state index contributed by atoms with van der Waals surface area (Å²) >= 11 is 0. The van der Waals surface area contributed by atoms with Crippen molar-refractivity contribution in [1.29, 1.82) is 0 Å². The quantitative estimate of drug-likeness (QED) is 0.651. The molecule has 1 aliphatic rings. The van der Waals surface area contributed by atoms with Gasteiger partial charge in [0, 0.05) is 0 Å². The van der Waals surface area contributed by atoms with Crippen molar-refractivity contribution < 1.29 is 14.3 Å². The normalized spacial score (nSPS) is 18.9. The van der Waals surface area contributed by atoms with Crippen LogP contribution in [0, 0.1) is 6.92 Å². The largest absolute Gasteiger partial charge is 0.497 e. The highest BCUT2D eigenvalue weighted by molar-refractivity contribution is 5.70. The van der Waals surface area contributed by atoms with Crippen molar-refractivity contribution in [3.05, 3.63) is 65.2 Å². The minimum absolute atomic E-state index is 0.0297.